The Bertz CT molecular complexity index is 875. The molecule has 4 rings (SSSR count). The lowest BCUT2D eigenvalue weighted by atomic mass is 10.1. The molecule has 0 radical (unpaired) electrons. The van der Waals surface area contributed by atoms with Crippen molar-refractivity contribution in [2.45, 2.75) is 6.42 Å². The highest BCUT2D eigenvalue weighted by Crippen LogP contribution is 2.39. The van der Waals surface area contributed by atoms with Crippen LogP contribution >= 0.6 is 46.4 Å². The van der Waals surface area contributed by atoms with E-state index in [-0.39, 0.29) is 0 Å². The van der Waals surface area contributed by atoms with Crippen LogP contribution < -0.4 is 5.32 Å². The van der Waals surface area contributed by atoms with Gasteiger partial charge in [0, 0.05) is 27.7 Å². The fourth-order valence-electron chi connectivity index (χ4n) is 2.89. The molecule has 0 unspecified atom stereocenters. The first-order valence-corrected chi connectivity index (χ1v) is 8.82. The van der Waals surface area contributed by atoms with E-state index in [1.165, 1.54) is 0 Å². The van der Waals surface area contributed by atoms with Crippen molar-refractivity contribution in [3.8, 4) is 16.9 Å². The number of halogens is 4. The van der Waals surface area contributed by atoms with E-state index in [0.717, 1.165) is 41.3 Å². The molecule has 7 heteroatoms. The van der Waals surface area contributed by atoms with E-state index in [1.54, 1.807) is 35.0 Å². The highest BCUT2D eigenvalue weighted by atomic mass is 35.5. The van der Waals surface area contributed by atoms with Gasteiger partial charge in [0.05, 0.1) is 21.4 Å². The summed E-state index contributed by atoms with van der Waals surface area (Å²) in [6.07, 6.45) is 0.853. The minimum absolute atomic E-state index is 0.571. The van der Waals surface area contributed by atoms with E-state index in [4.69, 9.17) is 51.5 Å². The summed E-state index contributed by atoms with van der Waals surface area (Å²) in [6.45, 7) is 0.830. The van der Waals surface area contributed by atoms with E-state index >= 15 is 0 Å². The Morgan fingerprint density at radius 2 is 1.62 bits per heavy atom. The van der Waals surface area contributed by atoms with Crippen molar-refractivity contribution < 1.29 is 0 Å². The standard InChI is InChI=1S/C17H11Cl4N3/c18-9-1-3-13(20)12(7-9)16-11-5-6-22-17(11)24(23-16)15-8-10(19)2-4-14(15)21/h1-4,7-8,22H,5-6H2. The maximum absolute atomic E-state index is 6.37. The fraction of sp³-hybridized carbons (Fsp3) is 0.118. The molecule has 1 aliphatic rings. The highest BCUT2D eigenvalue weighted by molar-refractivity contribution is 6.35. The zero-order chi connectivity index (χ0) is 16.8. The molecular formula is C17H11Cl4N3. The summed E-state index contributed by atoms with van der Waals surface area (Å²) in [4.78, 5) is 0. The van der Waals surface area contributed by atoms with Crippen LogP contribution in [0.2, 0.25) is 20.1 Å². The molecule has 122 valence electrons. The molecule has 1 aromatic heterocycles. The average molecular weight is 399 g/mol. The van der Waals surface area contributed by atoms with Gasteiger partial charge in [-0.15, -0.1) is 0 Å². The molecule has 0 saturated heterocycles. The average Bonchev–Trinajstić information content (AvgIpc) is 3.15. The van der Waals surface area contributed by atoms with Gasteiger partial charge in [0.1, 0.15) is 5.82 Å². The Morgan fingerprint density at radius 1 is 0.917 bits per heavy atom. The van der Waals surface area contributed by atoms with Crippen LogP contribution in [0.5, 0.6) is 0 Å². The molecule has 0 aliphatic carbocycles. The highest BCUT2D eigenvalue weighted by Gasteiger charge is 2.26. The monoisotopic (exact) mass is 397 g/mol. The van der Waals surface area contributed by atoms with Crippen molar-refractivity contribution in [3.63, 3.8) is 0 Å². The summed E-state index contributed by atoms with van der Waals surface area (Å²) in [6, 6.07) is 10.7. The molecular weight excluding hydrogens is 388 g/mol. The second-order valence-corrected chi connectivity index (χ2v) is 7.17. The summed E-state index contributed by atoms with van der Waals surface area (Å²) in [5, 5.41) is 10.5. The molecule has 2 heterocycles. The number of rotatable bonds is 2. The summed E-state index contributed by atoms with van der Waals surface area (Å²) in [5.41, 5.74) is 3.42. The van der Waals surface area contributed by atoms with Crippen LogP contribution in [-0.4, -0.2) is 16.3 Å². The third kappa shape index (κ3) is 2.66. The topological polar surface area (TPSA) is 29.9 Å². The Kier molecular flexibility index (Phi) is 4.13. The minimum Gasteiger partial charge on any atom is -0.369 e. The van der Waals surface area contributed by atoms with Gasteiger partial charge in [0.2, 0.25) is 0 Å². The third-order valence-electron chi connectivity index (χ3n) is 3.97. The van der Waals surface area contributed by atoms with Crippen LogP contribution in [0, 0.1) is 0 Å². The van der Waals surface area contributed by atoms with Crippen LogP contribution in [-0.2, 0) is 6.42 Å². The quantitative estimate of drug-likeness (QED) is 0.563. The van der Waals surface area contributed by atoms with Crippen LogP contribution in [0.4, 0.5) is 5.82 Å². The molecule has 3 aromatic rings. The van der Waals surface area contributed by atoms with E-state index in [9.17, 15) is 0 Å². The van der Waals surface area contributed by atoms with Gasteiger partial charge in [-0.2, -0.15) is 5.10 Å². The molecule has 0 saturated carbocycles. The van der Waals surface area contributed by atoms with Gasteiger partial charge in [-0.25, -0.2) is 4.68 Å². The fourth-order valence-corrected chi connectivity index (χ4v) is 3.64. The molecule has 1 N–H and O–H groups in total. The predicted octanol–water partition coefficient (Wildman–Crippen LogP) is 6.12. The van der Waals surface area contributed by atoms with Gasteiger partial charge in [0.25, 0.3) is 0 Å². The second-order valence-electron chi connectivity index (χ2n) is 5.48. The number of hydrogen-bond donors (Lipinski definition) is 1. The van der Waals surface area contributed by atoms with Crippen molar-refractivity contribution in [1.82, 2.24) is 9.78 Å². The van der Waals surface area contributed by atoms with Gasteiger partial charge in [-0.3, -0.25) is 0 Å². The number of fused-ring (bicyclic) bond motifs is 1. The number of anilines is 1. The first-order chi connectivity index (χ1) is 11.5. The Morgan fingerprint density at radius 3 is 2.42 bits per heavy atom. The molecule has 0 amide bonds. The van der Waals surface area contributed by atoms with Crippen LogP contribution in [0.1, 0.15) is 5.56 Å². The molecule has 0 spiro atoms. The Labute approximate surface area is 159 Å². The maximum atomic E-state index is 6.37. The van der Waals surface area contributed by atoms with Crippen molar-refractivity contribution >= 4 is 52.2 Å². The molecule has 1 aliphatic heterocycles. The number of hydrogen-bond acceptors (Lipinski definition) is 2. The lowest BCUT2D eigenvalue weighted by molar-refractivity contribution is 0.883. The van der Waals surface area contributed by atoms with E-state index in [0.29, 0.717) is 20.1 Å². The van der Waals surface area contributed by atoms with Crippen LogP contribution in [0.3, 0.4) is 0 Å². The van der Waals surface area contributed by atoms with E-state index in [2.05, 4.69) is 5.32 Å². The second kappa shape index (κ2) is 6.16. The van der Waals surface area contributed by atoms with Gasteiger partial charge in [-0.1, -0.05) is 46.4 Å². The number of nitrogens with one attached hydrogen (secondary N) is 1. The first-order valence-electron chi connectivity index (χ1n) is 7.31. The van der Waals surface area contributed by atoms with Crippen molar-refractivity contribution in [2.24, 2.45) is 0 Å². The largest absolute Gasteiger partial charge is 0.369 e. The normalized spacial score (nSPS) is 13.0. The van der Waals surface area contributed by atoms with Gasteiger partial charge in [-0.05, 0) is 42.8 Å². The summed E-state index contributed by atoms with van der Waals surface area (Å²) >= 11 is 25.0. The zero-order valence-electron chi connectivity index (χ0n) is 12.3. The van der Waals surface area contributed by atoms with Crippen LogP contribution in [0.15, 0.2) is 36.4 Å². The molecule has 2 aromatic carbocycles. The number of benzene rings is 2. The smallest absolute Gasteiger partial charge is 0.133 e. The van der Waals surface area contributed by atoms with Gasteiger partial charge in [0.15, 0.2) is 0 Å². The summed E-state index contributed by atoms with van der Waals surface area (Å²) in [5.74, 6) is 0.908. The third-order valence-corrected chi connectivity index (χ3v) is 5.09. The lowest BCUT2D eigenvalue weighted by Gasteiger charge is -2.09. The number of nitrogens with zero attached hydrogens (tertiary/aromatic N) is 2. The molecule has 0 fully saturated rings. The van der Waals surface area contributed by atoms with Crippen molar-refractivity contribution in [2.75, 3.05) is 11.9 Å². The summed E-state index contributed by atoms with van der Waals surface area (Å²) in [7, 11) is 0. The van der Waals surface area contributed by atoms with E-state index in [1.807, 2.05) is 6.07 Å². The van der Waals surface area contributed by atoms with Crippen LogP contribution in [0.25, 0.3) is 16.9 Å². The van der Waals surface area contributed by atoms with Crippen molar-refractivity contribution in [3.05, 3.63) is 62.1 Å². The Balaban J connectivity index is 1.96. The Hall–Kier alpha value is -1.39. The minimum atomic E-state index is 0.571. The maximum Gasteiger partial charge on any atom is 0.133 e. The molecule has 0 bridgehead atoms. The first kappa shape index (κ1) is 16.1. The van der Waals surface area contributed by atoms with Crippen molar-refractivity contribution in [1.29, 1.82) is 0 Å². The molecule has 3 nitrogen and oxygen atoms in total. The molecule has 24 heavy (non-hydrogen) atoms. The van der Waals surface area contributed by atoms with Gasteiger partial charge < -0.3 is 5.32 Å². The van der Waals surface area contributed by atoms with E-state index < -0.39 is 0 Å². The molecule has 0 atom stereocenters. The zero-order valence-corrected chi connectivity index (χ0v) is 15.3. The predicted molar refractivity (Wildman–Crippen MR) is 101 cm³/mol. The SMILES string of the molecule is Clc1ccc(Cl)c(-c2nn(-c3cc(Cl)ccc3Cl)c3c2CCN3)c1. The summed E-state index contributed by atoms with van der Waals surface area (Å²) < 4.78 is 1.78. The lowest BCUT2D eigenvalue weighted by Crippen LogP contribution is -2.05. The number of aromatic nitrogens is 2. The van der Waals surface area contributed by atoms with Gasteiger partial charge >= 0.3 is 0 Å².